The summed E-state index contributed by atoms with van der Waals surface area (Å²) in [5.41, 5.74) is 2.45. The number of aromatic amines is 1. The Morgan fingerprint density at radius 3 is 2.39 bits per heavy atom. The SMILES string of the molecule is COC(=O)c1[nH]c(C)c(C(=O)CN(Cc2ccc(F)cc2)C(=O)C2CC2)c1C. The predicted molar refractivity (Wildman–Crippen MR) is 100 cm³/mol. The third-order valence-electron chi connectivity index (χ3n) is 4.97. The van der Waals surface area contributed by atoms with Crippen molar-refractivity contribution in [3.63, 3.8) is 0 Å². The van der Waals surface area contributed by atoms with Crippen LogP contribution in [0, 0.1) is 25.6 Å². The number of esters is 1. The second kappa shape index (κ2) is 7.96. The molecule has 1 aliphatic rings. The van der Waals surface area contributed by atoms with Crippen molar-refractivity contribution < 1.29 is 23.5 Å². The minimum Gasteiger partial charge on any atom is -0.464 e. The predicted octanol–water partition coefficient (Wildman–Crippen LogP) is 3.18. The monoisotopic (exact) mass is 386 g/mol. The summed E-state index contributed by atoms with van der Waals surface area (Å²) in [6.07, 6.45) is 1.64. The molecular weight excluding hydrogens is 363 g/mol. The van der Waals surface area contributed by atoms with Crippen LogP contribution in [0.1, 0.15) is 50.5 Å². The lowest BCUT2D eigenvalue weighted by molar-refractivity contribution is -0.132. The topological polar surface area (TPSA) is 79.5 Å². The van der Waals surface area contributed by atoms with Crippen molar-refractivity contribution in [1.82, 2.24) is 9.88 Å². The molecule has 1 N–H and O–H groups in total. The van der Waals surface area contributed by atoms with Crippen molar-refractivity contribution >= 4 is 17.7 Å². The highest BCUT2D eigenvalue weighted by Gasteiger charge is 2.35. The largest absolute Gasteiger partial charge is 0.464 e. The minimum atomic E-state index is -0.545. The summed E-state index contributed by atoms with van der Waals surface area (Å²) in [6.45, 7) is 3.51. The molecule has 1 aromatic carbocycles. The van der Waals surface area contributed by atoms with E-state index >= 15 is 0 Å². The molecule has 7 heteroatoms. The fourth-order valence-electron chi connectivity index (χ4n) is 3.34. The van der Waals surface area contributed by atoms with Gasteiger partial charge in [-0.1, -0.05) is 12.1 Å². The first-order valence-corrected chi connectivity index (χ1v) is 9.15. The van der Waals surface area contributed by atoms with Crippen LogP contribution < -0.4 is 0 Å². The van der Waals surface area contributed by atoms with Gasteiger partial charge in [0.15, 0.2) is 5.78 Å². The van der Waals surface area contributed by atoms with Gasteiger partial charge in [-0.15, -0.1) is 0 Å². The number of aromatic nitrogens is 1. The quantitative estimate of drug-likeness (QED) is 0.586. The number of halogens is 1. The molecule has 2 aromatic rings. The maximum Gasteiger partial charge on any atom is 0.354 e. The van der Waals surface area contributed by atoms with Gasteiger partial charge in [-0.2, -0.15) is 0 Å². The third kappa shape index (κ3) is 4.13. The van der Waals surface area contributed by atoms with Crippen LogP contribution in [0.3, 0.4) is 0 Å². The molecule has 0 radical (unpaired) electrons. The molecule has 1 heterocycles. The van der Waals surface area contributed by atoms with E-state index in [1.165, 1.54) is 24.1 Å². The summed E-state index contributed by atoms with van der Waals surface area (Å²) in [7, 11) is 1.28. The van der Waals surface area contributed by atoms with Crippen molar-refractivity contribution in [3.8, 4) is 0 Å². The van der Waals surface area contributed by atoms with Crippen LogP contribution in [0.25, 0.3) is 0 Å². The Kier molecular flexibility index (Phi) is 5.63. The second-order valence-electron chi connectivity index (χ2n) is 7.13. The van der Waals surface area contributed by atoms with E-state index < -0.39 is 5.97 Å². The highest BCUT2D eigenvalue weighted by molar-refractivity contribution is 6.04. The number of rotatable bonds is 7. The summed E-state index contributed by atoms with van der Waals surface area (Å²) in [6, 6.07) is 5.88. The number of ether oxygens (including phenoxy) is 1. The molecule has 1 amide bonds. The zero-order chi connectivity index (χ0) is 20.4. The number of hydrogen-bond acceptors (Lipinski definition) is 4. The Bertz CT molecular complexity index is 913. The molecule has 0 aliphatic heterocycles. The number of nitrogens with one attached hydrogen (secondary N) is 1. The van der Waals surface area contributed by atoms with Gasteiger partial charge in [-0.3, -0.25) is 9.59 Å². The third-order valence-corrected chi connectivity index (χ3v) is 4.97. The molecule has 1 aliphatic carbocycles. The fraction of sp³-hybridized carbons (Fsp3) is 0.381. The van der Waals surface area contributed by atoms with E-state index in [0.29, 0.717) is 16.8 Å². The average molecular weight is 386 g/mol. The first-order valence-electron chi connectivity index (χ1n) is 9.15. The van der Waals surface area contributed by atoms with E-state index in [4.69, 9.17) is 4.74 Å². The number of benzene rings is 1. The molecule has 3 rings (SSSR count). The van der Waals surface area contributed by atoms with Crippen molar-refractivity contribution in [3.05, 3.63) is 58.2 Å². The molecule has 6 nitrogen and oxygen atoms in total. The van der Waals surface area contributed by atoms with Gasteiger partial charge in [0.2, 0.25) is 5.91 Å². The van der Waals surface area contributed by atoms with E-state index in [2.05, 4.69) is 4.98 Å². The number of ketones is 1. The lowest BCUT2D eigenvalue weighted by Gasteiger charge is -2.22. The van der Waals surface area contributed by atoms with Crippen molar-refractivity contribution in [2.75, 3.05) is 13.7 Å². The normalized spacial score (nSPS) is 13.3. The summed E-state index contributed by atoms with van der Waals surface area (Å²) in [5, 5.41) is 0. The highest BCUT2D eigenvalue weighted by atomic mass is 19.1. The van der Waals surface area contributed by atoms with Gasteiger partial charge < -0.3 is 14.6 Å². The van der Waals surface area contributed by atoms with Crippen LogP contribution in [-0.2, 0) is 16.1 Å². The molecule has 0 saturated heterocycles. The fourth-order valence-corrected chi connectivity index (χ4v) is 3.34. The molecule has 1 fully saturated rings. The number of carbonyl (C=O) groups is 3. The Labute approximate surface area is 162 Å². The smallest absolute Gasteiger partial charge is 0.354 e. The number of aryl methyl sites for hydroxylation is 1. The van der Waals surface area contributed by atoms with Crippen LogP contribution in [0.2, 0.25) is 0 Å². The Morgan fingerprint density at radius 2 is 1.82 bits per heavy atom. The van der Waals surface area contributed by atoms with Crippen LogP contribution in [-0.4, -0.2) is 41.2 Å². The van der Waals surface area contributed by atoms with Crippen LogP contribution >= 0.6 is 0 Å². The zero-order valence-electron chi connectivity index (χ0n) is 16.2. The van der Waals surface area contributed by atoms with Gasteiger partial charge >= 0.3 is 5.97 Å². The molecule has 0 spiro atoms. The Morgan fingerprint density at radius 1 is 1.18 bits per heavy atom. The first kappa shape index (κ1) is 19.8. The number of nitrogens with zero attached hydrogens (tertiary/aromatic N) is 1. The number of amides is 1. The number of carbonyl (C=O) groups excluding carboxylic acids is 3. The second-order valence-corrected chi connectivity index (χ2v) is 7.13. The van der Waals surface area contributed by atoms with E-state index in [1.807, 2.05) is 0 Å². The lowest BCUT2D eigenvalue weighted by atomic mass is 10.0. The van der Waals surface area contributed by atoms with E-state index in [9.17, 15) is 18.8 Å². The molecular formula is C21H23FN2O4. The molecule has 1 aromatic heterocycles. The Balaban J connectivity index is 1.83. The standard InChI is InChI=1S/C21H23FN2O4/c1-12-18(13(2)23-19(12)21(27)28-3)17(25)11-24(20(26)15-6-7-15)10-14-4-8-16(22)9-5-14/h4-5,8-9,15,23H,6-7,10-11H2,1-3H3. The molecule has 148 valence electrons. The van der Waals surface area contributed by atoms with E-state index in [-0.39, 0.29) is 42.2 Å². The molecule has 0 bridgehead atoms. The van der Waals surface area contributed by atoms with Crippen LogP contribution in [0.5, 0.6) is 0 Å². The van der Waals surface area contributed by atoms with Gasteiger partial charge in [-0.25, -0.2) is 9.18 Å². The van der Waals surface area contributed by atoms with E-state index in [0.717, 1.165) is 18.4 Å². The van der Waals surface area contributed by atoms with Crippen molar-refractivity contribution in [2.24, 2.45) is 5.92 Å². The van der Waals surface area contributed by atoms with E-state index in [1.54, 1.807) is 26.0 Å². The molecule has 1 saturated carbocycles. The van der Waals surface area contributed by atoms with Gasteiger partial charge in [-0.05, 0) is 49.9 Å². The molecule has 0 unspecified atom stereocenters. The highest BCUT2D eigenvalue weighted by Crippen LogP contribution is 2.32. The minimum absolute atomic E-state index is 0.0488. The summed E-state index contributed by atoms with van der Waals surface area (Å²) >= 11 is 0. The number of Topliss-reactive ketones (excluding diaryl/α,β-unsaturated/α-hetero) is 1. The van der Waals surface area contributed by atoms with Gasteiger partial charge in [0.1, 0.15) is 11.5 Å². The van der Waals surface area contributed by atoms with Gasteiger partial charge in [0, 0.05) is 23.7 Å². The number of methoxy groups -OCH3 is 1. The van der Waals surface area contributed by atoms with Gasteiger partial charge in [0.05, 0.1) is 13.7 Å². The molecule has 28 heavy (non-hydrogen) atoms. The molecule has 0 atom stereocenters. The maximum absolute atomic E-state index is 13.2. The maximum atomic E-state index is 13.2. The van der Waals surface area contributed by atoms with Crippen LogP contribution in [0.4, 0.5) is 4.39 Å². The summed E-state index contributed by atoms with van der Waals surface area (Å²) in [5.74, 6) is -1.27. The van der Waals surface area contributed by atoms with Crippen molar-refractivity contribution in [2.45, 2.75) is 33.2 Å². The van der Waals surface area contributed by atoms with Crippen LogP contribution in [0.15, 0.2) is 24.3 Å². The summed E-state index contributed by atoms with van der Waals surface area (Å²) < 4.78 is 17.9. The Hall–Kier alpha value is -2.96. The first-order chi connectivity index (χ1) is 13.3. The van der Waals surface area contributed by atoms with Crippen molar-refractivity contribution in [1.29, 1.82) is 0 Å². The average Bonchev–Trinajstić information content (AvgIpc) is 3.47. The van der Waals surface area contributed by atoms with Gasteiger partial charge in [0.25, 0.3) is 0 Å². The lowest BCUT2D eigenvalue weighted by Crippen LogP contribution is -2.36. The number of H-pyrrole nitrogens is 1. The zero-order valence-corrected chi connectivity index (χ0v) is 16.2. The number of hydrogen-bond donors (Lipinski definition) is 1. The summed E-state index contributed by atoms with van der Waals surface area (Å²) in [4.78, 5) is 41.9.